The largest absolute Gasteiger partial charge is 0.388 e. The zero-order valence-electron chi connectivity index (χ0n) is 7.60. The molecule has 13 heavy (non-hydrogen) atoms. The highest BCUT2D eigenvalue weighted by molar-refractivity contribution is 7.99. The lowest BCUT2D eigenvalue weighted by Gasteiger charge is -2.07. The van der Waals surface area contributed by atoms with Crippen LogP contribution in [0.15, 0.2) is 29.2 Å². The van der Waals surface area contributed by atoms with Gasteiger partial charge in [0, 0.05) is 10.6 Å². The average Bonchev–Trinajstić information content (AvgIpc) is 2.18. The Labute approximate surface area is 89.0 Å². The molecule has 0 aliphatic carbocycles. The predicted molar refractivity (Wildman–Crippen MR) is 61.7 cm³/mol. The molecule has 1 unspecified atom stereocenters. The second-order valence-corrected chi connectivity index (χ2v) is 4.40. The average molecular weight is 214 g/mol. The lowest BCUT2D eigenvalue weighted by molar-refractivity contribution is 0.204. The van der Waals surface area contributed by atoms with E-state index in [9.17, 15) is 5.11 Å². The second-order valence-electron chi connectivity index (χ2n) is 2.70. The van der Waals surface area contributed by atoms with Gasteiger partial charge in [-0.3, -0.25) is 0 Å². The molecule has 0 spiro atoms. The van der Waals surface area contributed by atoms with Gasteiger partial charge in [0.1, 0.15) is 0 Å². The van der Waals surface area contributed by atoms with Gasteiger partial charge in [0.2, 0.25) is 0 Å². The van der Waals surface area contributed by atoms with Gasteiger partial charge < -0.3 is 5.11 Å². The first-order chi connectivity index (χ1) is 6.27. The monoisotopic (exact) mass is 214 g/mol. The van der Waals surface area contributed by atoms with Gasteiger partial charge in [0.25, 0.3) is 0 Å². The molecule has 1 aromatic carbocycles. The molecule has 0 heterocycles. The van der Waals surface area contributed by atoms with E-state index in [1.54, 1.807) is 11.8 Å². The van der Waals surface area contributed by atoms with E-state index in [1.165, 1.54) is 4.90 Å². The first kappa shape index (κ1) is 11.0. The first-order valence-corrected chi connectivity index (χ1v) is 5.91. The number of rotatable bonds is 4. The zero-order chi connectivity index (χ0) is 9.68. The molecule has 72 valence electrons. The highest BCUT2D eigenvalue weighted by Crippen LogP contribution is 2.21. The van der Waals surface area contributed by atoms with Gasteiger partial charge in [0.05, 0.1) is 6.10 Å². The Morgan fingerprint density at radius 2 is 2.00 bits per heavy atom. The Hall–Kier alpha value is -0.120. The molecule has 0 saturated heterocycles. The Morgan fingerprint density at radius 3 is 2.46 bits per heavy atom. The molecule has 0 bridgehead atoms. The van der Waals surface area contributed by atoms with Crippen LogP contribution in [-0.2, 0) is 0 Å². The third-order valence-corrected chi connectivity index (χ3v) is 2.99. The third kappa shape index (κ3) is 3.25. The summed E-state index contributed by atoms with van der Waals surface area (Å²) in [4.78, 5) is 1.25. The van der Waals surface area contributed by atoms with Gasteiger partial charge in [-0.25, -0.2) is 0 Å². The van der Waals surface area contributed by atoms with E-state index in [1.807, 2.05) is 24.3 Å². The SMILES string of the molecule is CCSc1ccc(C(O)CS)cc1. The number of aliphatic hydroxyl groups is 1. The molecule has 1 nitrogen and oxygen atoms in total. The maximum absolute atomic E-state index is 9.47. The molecule has 3 heteroatoms. The van der Waals surface area contributed by atoms with Crippen LogP contribution in [0.3, 0.4) is 0 Å². The van der Waals surface area contributed by atoms with Crippen molar-refractivity contribution in [2.24, 2.45) is 0 Å². The molecule has 0 aliphatic rings. The Morgan fingerprint density at radius 1 is 1.38 bits per heavy atom. The Balaban J connectivity index is 2.69. The van der Waals surface area contributed by atoms with Crippen molar-refractivity contribution in [2.75, 3.05) is 11.5 Å². The minimum absolute atomic E-state index is 0.441. The van der Waals surface area contributed by atoms with Crippen LogP contribution in [0.25, 0.3) is 0 Å². The van der Waals surface area contributed by atoms with Gasteiger partial charge >= 0.3 is 0 Å². The van der Waals surface area contributed by atoms with Crippen LogP contribution >= 0.6 is 24.4 Å². The number of benzene rings is 1. The molecule has 0 fully saturated rings. The van der Waals surface area contributed by atoms with Crippen LogP contribution in [0.5, 0.6) is 0 Å². The molecule has 1 rings (SSSR count). The van der Waals surface area contributed by atoms with Crippen LogP contribution in [0, 0.1) is 0 Å². The Bertz CT molecular complexity index is 246. The van der Waals surface area contributed by atoms with Crippen molar-refractivity contribution in [3.05, 3.63) is 29.8 Å². The van der Waals surface area contributed by atoms with Crippen LogP contribution in [-0.4, -0.2) is 16.6 Å². The van der Waals surface area contributed by atoms with Crippen molar-refractivity contribution in [1.82, 2.24) is 0 Å². The fourth-order valence-corrected chi connectivity index (χ4v) is 1.93. The summed E-state index contributed by atoms with van der Waals surface area (Å²) in [6.45, 7) is 2.13. The molecule has 1 aromatic rings. The molecular formula is C10H14OS2. The smallest absolute Gasteiger partial charge is 0.0877 e. The molecule has 0 aliphatic heterocycles. The minimum Gasteiger partial charge on any atom is -0.388 e. The van der Waals surface area contributed by atoms with Crippen molar-refractivity contribution in [3.63, 3.8) is 0 Å². The van der Waals surface area contributed by atoms with Crippen LogP contribution < -0.4 is 0 Å². The quantitative estimate of drug-likeness (QED) is 0.594. The highest BCUT2D eigenvalue weighted by Gasteiger charge is 2.03. The minimum atomic E-state index is -0.441. The molecule has 0 amide bonds. The second kappa shape index (κ2) is 5.58. The van der Waals surface area contributed by atoms with Crippen LogP contribution in [0.4, 0.5) is 0 Å². The normalized spacial score (nSPS) is 12.8. The lowest BCUT2D eigenvalue weighted by atomic mass is 10.1. The maximum atomic E-state index is 9.47. The van der Waals surface area contributed by atoms with Crippen LogP contribution in [0.1, 0.15) is 18.6 Å². The third-order valence-electron chi connectivity index (χ3n) is 1.75. The van der Waals surface area contributed by atoms with Gasteiger partial charge in [-0.15, -0.1) is 11.8 Å². The van der Waals surface area contributed by atoms with Gasteiger partial charge in [-0.1, -0.05) is 19.1 Å². The van der Waals surface area contributed by atoms with Crippen molar-refractivity contribution in [2.45, 2.75) is 17.9 Å². The number of thioether (sulfide) groups is 1. The molecule has 1 atom stereocenters. The van der Waals surface area contributed by atoms with Crippen LogP contribution in [0.2, 0.25) is 0 Å². The highest BCUT2D eigenvalue weighted by atomic mass is 32.2. The van der Waals surface area contributed by atoms with Crippen molar-refractivity contribution in [3.8, 4) is 0 Å². The summed E-state index contributed by atoms with van der Waals surface area (Å²) in [5.74, 6) is 1.55. The lowest BCUT2D eigenvalue weighted by Crippen LogP contribution is -1.97. The summed E-state index contributed by atoms with van der Waals surface area (Å²) in [6, 6.07) is 7.99. The fraction of sp³-hybridized carbons (Fsp3) is 0.400. The maximum Gasteiger partial charge on any atom is 0.0877 e. The summed E-state index contributed by atoms with van der Waals surface area (Å²) in [5, 5.41) is 9.47. The standard InChI is InChI=1S/C10H14OS2/c1-2-13-9-5-3-8(4-6-9)10(11)7-12/h3-6,10-12H,2,7H2,1H3. The predicted octanol–water partition coefficient (Wildman–Crippen LogP) is 2.76. The summed E-state index contributed by atoms with van der Waals surface area (Å²) in [5.41, 5.74) is 0.940. The summed E-state index contributed by atoms with van der Waals surface area (Å²) < 4.78 is 0. The molecule has 0 radical (unpaired) electrons. The summed E-state index contributed by atoms with van der Waals surface area (Å²) >= 11 is 5.84. The van der Waals surface area contributed by atoms with Crippen molar-refractivity contribution < 1.29 is 5.11 Å². The number of hydrogen-bond acceptors (Lipinski definition) is 3. The molecule has 0 aromatic heterocycles. The van der Waals surface area contributed by atoms with Gasteiger partial charge in [-0.05, 0) is 23.4 Å². The van der Waals surface area contributed by atoms with Crippen molar-refractivity contribution in [1.29, 1.82) is 0 Å². The number of thiol groups is 1. The summed E-state index contributed by atoms with van der Waals surface area (Å²) in [7, 11) is 0. The van der Waals surface area contributed by atoms with E-state index in [4.69, 9.17) is 0 Å². The van der Waals surface area contributed by atoms with Gasteiger partial charge in [-0.2, -0.15) is 12.6 Å². The molecule has 0 saturated carbocycles. The number of hydrogen-bond donors (Lipinski definition) is 2. The molecular weight excluding hydrogens is 200 g/mol. The van der Waals surface area contributed by atoms with E-state index in [0.717, 1.165) is 11.3 Å². The van der Waals surface area contributed by atoms with Crippen molar-refractivity contribution >= 4 is 24.4 Å². The topological polar surface area (TPSA) is 20.2 Å². The van der Waals surface area contributed by atoms with E-state index >= 15 is 0 Å². The Kier molecular flexibility index (Phi) is 4.70. The summed E-state index contributed by atoms with van der Waals surface area (Å²) in [6.07, 6.45) is -0.441. The van der Waals surface area contributed by atoms with E-state index in [2.05, 4.69) is 19.6 Å². The van der Waals surface area contributed by atoms with E-state index in [0.29, 0.717) is 5.75 Å². The number of aliphatic hydroxyl groups excluding tert-OH is 1. The van der Waals surface area contributed by atoms with E-state index < -0.39 is 6.10 Å². The molecule has 1 N–H and O–H groups in total. The first-order valence-electron chi connectivity index (χ1n) is 4.29. The zero-order valence-corrected chi connectivity index (χ0v) is 9.31. The van der Waals surface area contributed by atoms with E-state index in [-0.39, 0.29) is 0 Å². The van der Waals surface area contributed by atoms with Gasteiger partial charge in [0.15, 0.2) is 0 Å². The fourth-order valence-electron chi connectivity index (χ4n) is 1.06.